The second kappa shape index (κ2) is 9.32. The molecule has 0 amide bonds. The number of aryl methyl sites for hydroxylation is 1. The quantitative estimate of drug-likeness (QED) is 0.265. The van der Waals surface area contributed by atoms with Gasteiger partial charge in [0, 0.05) is 17.3 Å². The van der Waals surface area contributed by atoms with Crippen LogP contribution in [0.3, 0.4) is 0 Å². The number of rotatable bonds is 6. The number of hydrogen-bond donors (Lipinski definition) is 1. The normalized spacial score (nSPS) is 11.4. The van der Waals surface area contributed by atoms with Crippen LogP contribution in [0.2, 0.25) is 0 Å². The lowest BCUT2D eigenvalue weighted by Crippen LogP contribution is -2.02. The molecule has 168 valence electrons. The fourth-order valence-electron chi connectivity index (χ4n) is 3.42. The van der Waals surface area contributed by atoms with Crippen molar-refractivity contribution >= 4 is 34.8 Å². The number of imidazole rings is 1. The topological polar surface area (TPSA) is 93.7 Å². The highest BCUT2D eigenvalue weighted by atomic mass is 32.1. The predicted octanol–water partition coefficient (Wildman–Crippen LogP) is 5.35. The number of aromatic nitrogens is 5. The fourth-order valence-corrected chi connectivity index (χ4v) is 3.94. The second-order valence-corrected chi connectivity index (χ2v) is 8.06. The number of benzene rings is 2. The van der Waals surface area contributed by atoms with Crippen LogP contribution in [0.5, 0.6) is 0 Å². The molecule has 2 aromatic carbocycles. The number of H-pyrrole nitrogens is 1. The van der Waals surface area contributed by atoms with E-state index in [1.807, 2.05) is 43.3 Å². The van der Waals surface area contributed by atoms with Crippen LogP contribution in [0.1, 0.15) is 17.1 Å². The van der Waals surface area contributed by atoms with Crippen molar-refractivity contribution in [3.05, 3.63) is 89.6 Å². The Bertz CT molecular complexity index is 1510. The number of esters is 1. The summed E-state index contributed by atoms with van der Waals surface area (Å²) in [6, 6.07) is 17.3. The summed E-state index contributed by atoms with van der Waals surface area (Å²) >= 11 is 1.16. The van der Waals surface area contributed by atoms with E-state index in [2.05, 4.69) is 18.7 Å². The largest absolute Gasteiger partial charge is 0.454 e. The molecule has 0 spiro atoms. The van der Waals surface area contributed by atoms with E-state index < -0.39 is 5.97 Å². The van der Waals surface area contributed by atoms with Crippen LogP contribution in [0.25, 0.3) is 39.8 Å². The van der Waals surface area contributed by atoms with Gasteiger partial charge in [-0.25, -0.2) is 14.2 Å². The van der Waals surface area contributed by atoms with Gasteiger partial charge in [0.15, 0.2) is 0 Å². The number of aromatic amines is 1. The average molecular weight is 472 g/mol. The number of fused-ring (bicyclic) bond motifs is 1. The van der Waals surface area contributed by atoms with Gasteiger partial charge in [-0.15, -0.1) is 0 Å². The van der Waals surface area contributed by atoms with Gasteiger partial charge in [0.1, 0.15) is 29.3 Å². The summed E-state index contributed by atoms with van der Waals surface area (Å²) in [5, 5.41) is 0. The zero-order valence-corrected chi connectivity index (χ0v) is 18.8. The summed E-state index contributed by atoms with van der Waals surface area (Å²) in [4.78, 5) is 24.8. The molecular weight excluding hydrogens is 453 g/mol. The highest BCUT2D eigenvalue weighted by Crippen LogP contribution is 2.31. The molecule has 0 aliphatic carbocycles. The Morgan fingerprint density at radius 2 is 1.88 bits per heavy atom. The molecule has 0 radical (unpaired) electrons. The summed E-state index contributed by atoms with van der Waals surface area (Å²) in [7, 11) is 0. The van der Waals surface area contributed by atoms with Crippen molar-refractivity contribution in [1.29, 1.82) is 0 Å². The van der Waals surface area contributed by atoms with E-state index in [9.17, 15) is 9.18 Å². The maximum atomic E-state index is 13.0. The molecule has 34 heavy (non-hydrogen) atoms. The fraction of sp³-hybridized carbons (Fsp3) is 0.0800. The van der Waals surface area contributed by atoms with Crippen LogP contribution in [0.4, 0.5) is 4.39 Å². The molecule has 0 aliphatic rings. The third-order valence-electron chi connectivity index (χ3n) is 5.06. The van der Waals surface area contributed by atoms with Crippen LogP contribution in [-0.2, 0) is 16.1 Å². The number of nitrogens with zero attached hydrogens (tertiary/aromatic N) is 4. The Hall–Kier alpha value is -4.24. The van der Waals surface area contributed by atoms with Crippen LogP contribution >= 0.6 is 11.7 Å². The first-order chi connectivity index (χ1) is 16.5. The lowest BCUT2D eigenvalue weighted by Gasteiger charge is -2.03. The first-order valence-electron chi connectivity index (χ1n) is 10.4. The summed E-state index contributed by atoms with van der Waals surface area (Å²) in [6.45, 7) is 1.87. The molecule has 7 nitrogen and oxygen atoms in total. The van der Waals surface area contributed by atoms with E-state index in [1.165, 1.54) is 18.2 Å². The van der Waals surface area contributed by atoms with Gasteiger partial charge >= 0.3 is 5.97 Å². The first-order valence-corrected chi connectivity index (χ1v) is 11.1. The minimum absolute atomic E-state index is 0.0497. The number of ether oxygens (including phenoxy) is 1. The van der Waals surface area contributed by atoms with Crippen molar-refractivity contribution in [2.45, 2.75) is 13.5 Å². The Morgan fingerprint density at radius 1 is 1.06 bits per heavy atom. The molecule has 3 heterocycles. The maximum Gasteiger partial charge on any atom is 0.331 e. The molecule has 5 aromatic rings. The van der Waals surface area contributed by atoms with Gasteiger partial charge in [-0.2, -0.15) is 8.75 Å². The minimum atomic E-state index is -0.535. The monoisotopic (exact) mass is 471 g/mol. The Labute approximate surface area is 198 Å². The maximum absolute atomic E-state index is 13.0. The lowest BCUT2D eigenvalue weighted by atomic mass is 10.1. The summed E-state index contributed by atoms with van der Waals surface area (Å²) < 4.78 is 26.9. The summed E-state index contributed by atoms with van der Waals surface area (Å²) in [6.07, 6.45) is 2.86. The van der Waals surface area contributed by atoms with Crippen LogP contribution < -0.4 is 0 Å². The SMILES string of the molecule is Cc1cccc(-c2[nH]c(COC(=O)/C=C/c3ccc(F)cc3)nc2-c2ccc3nsnc3c2)n1. The summed E-state index contributed by atoms with van der Waals surface area (Å²) in [5.41, 5.74) is 6.15. The smallest absolute Gasteiger partial charge is 0.331 e. The Kier molecular flexibility index (Phi) is 5.92. The van der Waals surface area contributed by atoms with Gasteiger partial charge in [-0.1, -0.05) is 24.3 Å². The third-order valence-corrected chi connectivity index (χ3v) is 5.61. The molecule has 3 aromatic heterocycles. The van der Waals surface area contributed by atoms with E-state index in [1.54, 1.807) is 18.2 Å². The standard InChI is InChI=1S/C25H18FN5O2S/c1-15-3-2-4-20(27-15)25-24(17-8-11-19-21(13-17)31-34-30-19)28-22(29-25)14-33-23(32)12-7-16-5-9-18(26)10-6-16/h2-13H,14H2,1H3,(H,28,29)/b12-7+. The number of carbonyl (C=O) groups is 1. The molecule has 0 unspecified atom stereocenters. The predicted molar refractivity (Wildman–Crippen MR) is 128 cm³/mol. The van der Waals surface area contributed by atoms with Crippen molar-refractivity contribution in [2.24, 2.45) is 0 Å². The van der Waals surface area contributed by atoms with Crippen LogP contribution in [0.15, 0.2) is 66.7 Å². The zero-order valence-electron chi connectivity index (χ0n) is 18.0. The van der Waals surface area contributed by atoms with Gasteiger partial charge in [0.2, 0.25) is 0 Å². The Balaban J connectivity index is 1.41. The molecule has 9 heteroatoms. The van der Waals surface area contributed by atoms with Gasteiger partial charge in [-0.05, 0) is 55.0 Å². The average Bonchev–Trinajstić information content (AvgIpc) is 3.49. The lowest BCUT2D eigenvalue weighted by molar-refractivity contribution is -0.139. The number of pyridine rings is 1. The molecule has 5 rings (SSSR count). The highest BCUT2D eigenvalue weighted by molar-refractivity contribution is 7.00. The molecule has 0 bridgehead atoms. The van der Waals surface area contributed by atoms with Crippen molar-refractivity contribution < 1.29 is 13.9 Å². The van der Waals surface area contributed by atoms with E-state index in [0.717, 1.165) is 45.4 Å². The van der Waals surface area contributed by atoms with E-state index >= 15 is 0 Å². The van der Waals surface area contributed by atoms with E-state index in [-0.39, 0.29) is 12.4 Å². The molecule has 1 N–H and O–H groups in total. The van der Waals surface area contributed by atoms with Crippen LogP contribution in [0, 0.1) is 12.7 Å². The molecule has 0 saturated carbocycles. The zero-order chi connectivity index (χ0) is 23.5. The summed E-state index contributed by atoms with van der Waals surface area (Å²) in [5.74, 6) is -0.391. The molecule has 0 atom stereocenters. The minimum Gasteiger partial charge on any atom is -0.454 e. The van der Waals surface area contributed by atoms with Crippen molar-refractivity contribution in [3.8, 4) is 22.6 Å². The number of nitrogens with one attached hydrogen (secondary N) is 1. The van der Waals surface area contributed by atoms with Gasteiger partial charge in [0.05, 0.1) is 28.8 Å². The third kappa shape index (κ3) is 4.74. The number of hydrogen-bond acceptors (Lipinski definition) is 7. The molecule has 0 aliphatic heterocycles. The highest BCUT2D eigenvalue weighted by Gasteiger charge is 2.17. The second-order valence-electron chi connectivity index (χ2n) is 7.53. The van der Waals surface area contributed by atoms with Crippen molar-refractivity contribution in [1.82, 2.24) is 23.7 Å². The number of halogens is 1. The van der Waals surface area contributed by atoms with Gasteiger partial charge in [0.25, 0.3) is 0 Å². The van der Waals surface area contributed by atoms with E-state index in [0.29, 0.717) is 17.1 Å². The number of carbonyl (C=O) groups excluding carboxylic acids is 1. The van der Waals surface area contributed by atoms with Crippen LogP contribution in [-0.4, -0.2) is 29.7 Å². The molecule has 0 fully saturated rings. The van der Waals surface area contributed by atoms with Crippen molar-refractivity contribution in [3.63, 3.8) is 0 Å². The van der Waals surface area contributed by atoms with Gasteiger partial charge < -0.3 is 9.72 Å². The first kappa shape index (κ1) is 21.6. The van der Waals surface area contributed by atoms with Gasteiger partial charge in [-0.3, -0.25) is 4.98 Å². The van der Waals surface area contributed by atoms with Crippen molar-refractivity contribution in [2.75, 3.05) is 0 Å². The van der Waals surface area contributed by atoms with E-state index in [4.69, 9.17) is 9.72 Å². The molecular formula is C25H18FN5O2S. The Morgan fingerprint density at radius 3 is 2.71 bits per heavy atom. The molecule has 0 saturated heterocycles.